The van der Waals surface area contributed by atoms with Crippen molar-refractivity contribution in [2.45, 2.75) is 52.6 Å². The third-order valence-electron chi connectivity index (χ3n) is 4.27. The van der Waals surface area contributed by atoms with Crippen molar-refractivity contribution >= 4 is 0 Å². The van der Waals surface area contributed by atoms with Crippen LogP contribution < -0.4 is 5.32 Å². The van der Waals surface area contributed by atoms with E-state index in [9.17, 15) is 0 Å². The van der Waals surface area contributed by atoms with Crippen molar-refractivity contribution in [3.63, 3.8) is 0 Å². The van der Waals surface area contributed by atoms with Gasteiger partial charge in [0, 0.05) is 19.6 Å². The van der Waals surface area contributed by atoms with Crippen LogP contribution in [0.3, 0.4) is 0 Å². The van der Waals surface area contributed by atoms with Crippen LogP contribution in [-0.4, -0.2) is 51.3 Å². The highest BCUT2D eigenvalue weighted by Crippen LogP contribution is 2.39. The summed E-state index contributed by atoms with van der Waals surface area (Å²) in [5.41, 5.74) is 0.471. The van der Waals surface area contributed by atoms with Crippen molar-refractivity contribution in [2.24, 2.45) is 11.3 Å². The third-order valence-corrected chi connectivity index (χ3v) is 4.27. The van der Waals surface area contributed by atoms with Gasteiger partial charge in [0.15, 0.2) is 0 Å². The molecule has 0 radical (unpaired) electrons. The number of nitrogens with one attached hydrogen (secondary N) is 1. The van der Waals surface area contributed by atoms with Gasteiger partial charge in [-0.3, -0.25) is 0 Å². The van der Waals surface area contributed by atoms with E-state index in [-0.39, 0.29) is 0 Å². The fraction of sp³-hybridized carbons (Fsp3) is 1.00. The summed E-state index contributed by atoms with van der Waals surface area (Å²) in [6, 6.07) is 0. The molecule has 0 heterocycles. The molecule has 114 valence electrons. The molecule has 0 aromatic heterocycles. The smallest absolute Gasteiger partial charge is 0.0596 e. The summed E-state index contributed by atoms with van der Waals surface area (Å²) < 4.78 is 5.66. The Balaban J connectivity index is 2.43. The number of ether oxygens (including phenoxy) is 1. The molecular formula is C16H34N2O. The maximum atomic E-state index is 5.66. The summed E-state index contributed by atoms with van der Waals surface area (Å²) in [6.45, 7) is 10.8. The predicted molar refractivity (Wildman–Crippen MR) is 82.6 cm³/mol. The molecule has 2 atom stereocenters. The van der Waals surface area contributed by atoms with Gasteiger partial charge in [0.2, 0.25) is 0 Å². The minimum atomic E-state index is 0.342. The average Bonchev–Trinajstić information content (AvgIpc) is 2.28. The summed E-state index contributed by atoms with van der Waals surface area (Å²) >= 11 is 0. The molecule has 1 aliphatic rings. The Labute approximate surface area is 120 Å². The molecule has 0 aromatic carbocycles. The normalized spacial score (nSPS) is 28.3. The quantitative estimate of drug-likeness (QED) is 0.734. The van der Waals surface area contributed by atoms with E-state index < -0.39 is 0 Å². The molecular weight excluding hydrogens is 236 g/mol. The predicted octanol–water partition coefficient (Wildman–Crippen LogP) is 2.76. The summed E-state index contributed by atoms with van der Waals surface area (Å²) in [4.78, 5) is 2.46. The van der Waals surface area contributed by atoms with Crippen LogP contribution in [0, 0.1) is 11.3 Å². The Morgan fingerprint density at radius 1 is 1.42 bits per heavy atom. The zero-order valence-electron chi connectivity index (χ0n) is 13.7. The van der Waals surface area contributed by atoms with E-state index in [2.05, 4.69) is 45.1 Å². The Morgan fingerprint density at radius 3 is 2.74 bits per heavy atom. The van der Waals surface area contributed by atoms with Crippen molar-refractivity contribution in [1.82, 2.24) is 10.2 Å². The molecule has 1 fully saturated rings. The van der Waals surface area contributed by atoms with E-state index in [4.69, 9.17) is 4.74 Å². The highest BCUT2D eigenvalue weighted by molar-refractivity contribution is 4.89. The molecule has 0 spiro atoms. The van der Waals surface area contributed by atoms with Gasteiger partial charge < -0.3 is 15.0 Å². The average molecular weight is 270 g/mol. The minimum absolute atomic E-state index is 0.342. The van der Waals surface area contributed by atoms with E-state index in [1.807, 2.05) is 0 Å². The fourth-order valence-corrected chi connectivity index (χ4v) is 3.60. The van der Waals surface area contributed by atoms with Crippen LogP contribution >= 0.6 is 0 Å². The van der Waals surface area contributed by atoms with Crippen LogP contribution in [0.15, 0.2) is 0 Å². The molecule has 1 saturated carbocycles. The lowest BCUT2D eigenvalue weighted by Gasteiger charge is -2.42. The maximum Gasteiger partial charge on any atom is 0.0596 e. The molecule has 19 heavy (non-hydrogen) atoms. The van der Waals surface area contributed by atoms with Gasteiger partial charge in [0.05, 0.1) is 12.7 Å². The molecule has 2 unspecified atom stereocenters. The number of hydrogen-bond donors (Lipinski definition) is 1. The van der Waals surface area contributed by atoms with Gasteiger partial charge in [0.1, 0.15) is 0 Å². The van der Waals surface area contributed by atoms with E-state index in [0.717, 1.165) is 25.6 Å². The maximum absolute atomic E-state index is 5.66. The van der Waals surface area contributed by atoms with Crippen LogP contribution in [0.25, 0.3) is 0 Å². The van der Waals surface area contributed by atoms with Gasteiger partial charge >= 0.3 is 0 Å². The first-order chi connectivity index (χ1) is 8.97. The molecule has 1 N–H and O–H groups in total. The van der Waals surface area contributed by atoms with Gasteiger partial charge in [0.25, 0.3) is 0 Å². The molecule has 3 heteroatoms. The molecule has 1 aliphatic carbocycles. The monoisotopic (exact) mass is 270 g/mol. The number of nitrogens with zero attached hydrogens (tertiary/aromatic N) is 1. The van der Waals surface area contributed by atoms with Crippen molar-refractivity contribution in [3.05, 3.63) is 0 Å². The van der Waals surface area contributed by atoms with E-state index >= 15 is 0 Å². The van der Waals surface area contributed by atoms with Crippen molar-refractivity contribution in [3.8, 4) is 0 Å². The lowest BCUT2D eigenvalue weighted by Crippen LogP contribution is -2.45. The van der Waals surface area contributed by atoms with Gasteiger partial charge in [-0.05, 0) is 52.1 Å². The second kappa shape index (κ2) is 8.23. The lowest BCUT2D eigenvalue weighted by molar-refractivity contribution is 0.0429. The molecule has 1 rings (SSSR count). The zero-order chi connectivity index (χ0) is 14.3. The third kappa shape index (κ3) is 6.24. The number of hydrogen-bond acceptors (Lipinski definition) is 3. The highest BCUT2D eigenvalue weighted by Gasteiger charge is 2.35. The first kappa shape index (κ1) is 16.9. The summed E-state index contributed by atoms with van der Waals surface area (Å²) in [5.74, 6) is 0.877. The Bertz CT molecular complexity index is 241. The lowest BCUT2D eigenvalue weighted by atomic mass is 9.69. The minimum Gasteiger partial charge on any atom is -0.377 e. The van der Waals surface area contributed by atoms with Crippen LogP contribution in [0.2, 0.25) is 0 Å². The van der Waals surface area contributed by atoms with E-state index in [1.54, 1.807) is 0 Å². The van der Waals surface area contributed by atoms with Crippen molar-refractivity contribution < 1.29 is 4.74 Å². The standard InChI is InChI=1S/C16H34N2O/c1-14(2)19-10-9-18(5)13-16(12-17-4)8-6-7-15(3)11-16/h14-15,17H,6-13H2,1-5H3. The largest absolute Gasteiger partial charge is 0.377 e. The van der Waals surface area contributed by atoms with Crippen LogP contribution in [0.1, 0.15) is 46.5 Å². The number of rotatable bonds is 8. The summed E-state index contributed by atoms with van der Waals surface area (Å²) in [7, 11) is 4.32. The fourth-order valence-electron chi connectivity index (χ4n) is 3.60. The molecule has 0 bridgehead atoms. The Kier molecular flexibility index (Phi) is 7.33. The SMILES string of the molecule is CNCC1(CN(C)CCOC(C)C)CCCC(C)C1. The van der Waals surface area contributed by atoms with Gasteiger partial charge in [-0.15, -0.1) is 0 Å². The van der Waals surface area contributed by atoms with E-state index in [1.165, 1.54) is 32.2 Å². The van der Waals surface area contributed by atoms with Crippen LogP contribution in [0.4, 0.5) is 0 Å². The molecule has 0 aromatic rings. The van der Waals surface area contributed by atoms with Gasteiger partial charge in [-0.2, -0.15) is 0 Å². The molecule has 0 saturated heterocycles. The molecule has 3 nitrogen and oxygen atoms in total. The Morgan fingerprint density at radius 2 is 2.16 bits per heavy atom. The first-order valence-corrected chi connectivity index (χ1v) is 7.92. The van der Waals surface area contributed by atoms with Crippen molar-refractivity contribution in [2.75, 3.05) is 40.3 Å². The molecule has 0 amide bonds. The summed E-state index contributed by atoms with van der Waals surface area (Å²) in [5, 5.41) is 3.42. The van der Waals surface area contributed by atoms with Gasteiger partial charge in [-0.1, -0.05) is 19.8 Å². The summed E-state index contributed by atoms with van der Waals surface area (Å²) in [6.07, 6.45) is 5.87. The van der Waals surface area contributed by atoms with E-state index in [0.29, 0.717) is 11.5 Å². The van der Waals surface area contributed by atoms with Crippen LogP contribution in [0.5, 0.6) is 0 Å². The molecule has 0 aliphatic heterocycles. The first-order valence-electron chi connectivity index (χ1n) is 7.92. The van der Waals surface area contributed by atoms with Gasteiger partial charge in [-0.25, -0.2) is 0 Å². The highest BCUT2D eigenvalue weighted by atomic mass is 16.5. The Hall–Kier alpha value is -0.120. The zero-order valence-corrected chi connectivity index (χ0v) is 13.7. The van der Waals surface area contributed by atoms with Crippen molar-refractivity contribution in [1.29, 1.82) is 0 Å². The second-order valence-corrected chi connectivity index (χ2v) is 6.89. The second-order valence-electron chi connectivity index (χ2n) is 6.89. The van der Waals surface area contributed by atoms with Crippen LogP contribution in [-0.2, 0) is 4.74 Å². The topological polar surface area (TPSA) is 24.5 Å². The number of likely N-dealkylation sites (N-methyl/N-ethyl adjacent to an activating group) is 1.